The Balaban J connectivity index is 1.73. The third kappa shape index (κ3) is 4.47. The van der Waals surface area contributed by atoms with E-state index in [0.717, 1.165) is 25.1 Å². The molecule has 1 saturated heterocycles. The first-order chi connectivity index (χ1) is 10.4. The fourth-order valence-corrected chi connectivity index (χ4v) is 2.86. The molecule has 2 amide bonds. The number of urea groups is 1. The van der Waals surface area contributed by atoms with Crippen LogP contribution in [0, 0.1) is 11.3 Å². The zero-order chi connectivity index (χ0) is 16.2. The molecule has 1 aromatic heterocycles. The first-order valence-electron chi connectivity index (χ1n) is 7.98. The molecule has 1 aliphatic rings. The fraction of sp³-hybridized carbons (Fsp3) is 0.750. The molecule has 0 spiro atoms. The molecule has 2 N–H and O–H groups in total. The van der Waals surface area contributed by atoms with Gasteiger partial charge in [-0.2, -0.15) is 0 Å². The molecule has 0 aromatic carbocycles. The first-order valence-corrected chi connectivity index (χ1v) is 7.98. The molecule has 1 fully saturated rings. The Hall–Kier alpha value is -1.56. The second-order valence-electron chi connectivity index (χ2n) is 6.91. The van der Waals surface area contributed by atoms with Gasteiger partial charge in [-0.3, -0.25) is 0 Å². The molecule has 1 aliphatic heterocycles. The average Bonchev–Trinajstić information content (AvgIpc) is 3.10. The van der Waals surface area contributed by atoms with Gasteiger partial charge < -0.3 is 19.9 Å². The molecule has 22 heavy (non-hydrogen) atoms. The highest BCUT2D eigenvalue weighted by Gasteiger charge is 2.37. The maximum absolute atomic E-state index is 11.9. The van der Waals surface area contributed by atoms with Crippen molar-refractivity contribution in [1.29, 1.82) is 0 Å². The molecule has 2 atom stereocenters. The van der Waals surface area contributed by atoms with E-state index in [4.69, 9.17) is 9.26 Å². The lowest BCUT2D eigenvalue weighted by Gasteiger charge is -2.31. The van der Waals surface area contributed by atoms with Crippen LogP contribution in [0.4, 0.5) is 4.79 Å². The number of nitrogens with zero attached hydrogens (tertiary/aromatic N) is 1. The van der Waals surface area contributed by atoms with Crippen LogP contribution in [0.25, 0.3) is 0 Å². The molecule has 1 aromatic rings. The number of carbonyl (C=O) groups is 1. The van der Waals surface area contributed by atoms with Crippen LogP contribution < -0.4 is 10.6 Å². The van der Waals surface area contributed by atoms with Gasteiger partial charge in [0.2, 0.25) is 0 Å². The summed E-state index contributed by atoms with van der Waals surface area (Å²) >= 11 is 0. The number of rotatable bonds is 5. The summed E-state index contributed by atoms with van der Waals surface area (Å²) in [5, 5.41) is 9.61. The number of carbonyl (C=O) groups excluding carboxylic acids is 1. The monoisotopic (exact) mass is 309 g/mol. The average molecular weight is 309 g/mol. The molecule has 0 unspecified atom stereocenters. The Morgan fingerprint density at radius 1 is 1.41 bits per heavy atom. The number of ether oxygens (including phenoxy) is 1. The molecule has 2 rings (SSSR count). The number of amides is 2. The molecular formula is C16H27N3O3. The third-order valence-corrected chi connectivity index (χ3v) is 3.99. The van der Waals surface area contributed by atoms with Gasteiger partial charge in [-0.05, 0) is 18.3 Å². The van der Waals surface area contributed by atoms with E-state index in [1.807, 2.05) is 13.0 Å². The van der Waals surface area contributed by atoms with Crippen LogP contribution in [0.15, 0.2) is 10.6 Å². The number of aromatic nitrogens is 1. The van der Waals surface area contributed by atoms with Crippen LogP contribution in [-0.4, -0.2) is 30.4 Å². The van der Waals surface area contributed by atoms with Gasteiger partial charge >= 0.3 is 6.03 Å². The zero-order valence-electron chi connectivity index (χ0n) is 13.9. The van der Waals surface area contributed by atoms with Gasteiger partial charge in [0.1, 0.15) is 0 Å². The molecule has 6 nitrogen and oxygen atoms in total. The van der Waals surface area contributed by atoms with Crippen LogP contribution in [0.3, 0.4) is 0 Å². The summed E-state index contributed by atoms with van der Waals surface area (Å²) in [5.74, 6) is 1.03. The summed E-state index contributed by atoms with van der Waals surface area (Å²) in [6, 6.07) is 1.68. The highest BCUT2D eigenvalue weighted by Crippen LogP contribution is 2.34. The zero-order valence-corrected chi connectivity index (χ0v) is 13.9. The van der Waals surface area contributed by atoms with Gasteiger partial charge in [0.05, 0.1) is 18.3 Å². The molecule has 0 saturated carbocycles. The molecule has 2 heterocycles. The van der Waals surface area contributed by atoms with E-state index in [9.17, 15) is 4.79 Å². The lowest BCUT2D eigenvalue weighted by Crippen LogP contribution is -2.42. The van der Waals surface area contributed by atoms with Crippen molar-refractivity contribution in [2.45, 2.75) is 53.2 Å². The van der Waals surface area contributed by atoms with E-state index >= 15 is 0 Å². The third-order valence-electron chi connectivity index (χ3n) is 3.99. The predicted molar refractivity (Wildman–Crippen MR) is 83.4 cm³/mol. The quantitative estimate of drug-likeness (QED) is 0.876. The number of nitrogens with one attached hydrogen (secondary N) is 2. The van der Waals surface area contributed by atoms with Crippen LogP contribution >= 0.6 is 0 Å². The largest absolute Gasteiger partial charge is 0.377 e. The maximum Gasteiger partial charge on any atom is 0.315 e. The standard InChI is InChI=1S/C16H27N3O3/c1-5-12-8-13(22-19-12)10-18-15(20)17-9-11-6-7-21-14(11)16(2,3)4/h8,11,14H,5-7,9-10H2,1-4H3,(H2,17,18,20)/t11-,14-/m0/s1. The Morgan fingerprint density at radius 3 is 2.82 bits per heavy atom. The van der Waals surface area contributed by atoms with Crippen molar-refractivity contribution in [3.8, 4) is 0 Å². The summed E-state index contributed by atoms with van der Waals surface area (Å²) in [5.41, 5.74) is 0.990. The molecule has 6 heteroatoms. The summed E-state index contributed by atoms with van der Waals surface area (Å²) in [7, 11) is 0. The Kier molecular flexibility index (Phi) is 5.45. The van der Waals surface area contributed by atoms with E-state index in [2.05, 4.69) is 36.6 Å². The molecule has 0 aliphatic carbocycles. The maximum atomic E-state index is 11.9. The minimum absolute atomic E-state index is 0.0930. The van der Waals surface area contributed by atoms with Crippen LogP contribution in [0.2, 0.25) is 0 Å². The van der Waals surface area contributed by atoms with Gasteiger partial charge in [0.15, 0.2) is 5.76 Å². The second kappa shape index (κ2) is 7.13. The molecule has 0 bridgehead atoms. The van der Waals surface area contributed by atoms with Crippen LogP contribution in [0.1, 0.15) is 45.6 Å². The Bertz CT molecular complexity index is 493. The molecule has 0 radical (unpaired) electrons. The number of hydrogen-bond donors (Lipinski definition) is 2. The van der Waals surface area contributed by atoms with Crippen molar-refractivity contribution >= 4 is 6.03 Å². The molecular weight excluding hydrogens is 282 g/mol. The van der Waals surface area contributed by atoms with Gasteiger partial charge in [0, 0.05) is 25.1 Å². The number of hydrogen-bond acceptors (Lipinski definition) is 4. The van der Waals surface area contributed by atoms with Gasteiger partial charge in [-0.25, -0.2) is 4.79 Å². The highest BCUT2D eigenvalue weighted by molar-refractivity contribution is 5.73. The van der Waals surface area contributed by atoms with E-state index in [1.165, 1.54) is 0 Å². The summed E-state index contributed by atoms with van der Waals surface area (Å²) in [4.78, 5) is 11.9. The summed E-state index contributed by atoms with van der Waals surface area (Å²) < 4.78 is 10.9. The van der Waals surface area contributed by atoms with E-state index < -0.39 is 0 Å². The van der Waals surface area contributed by atoms with Crippen molar-refractivity contribution in [1.82, 2.24) is 15.8 Å². The first kappa shape index (κ1) is 16.8. The van der Waals surface area contributed by atoms with Gasteiger partial charge in [-0.15, -0.1) is 0 Å². The van der Waals surface area contributed by atoms with Gasteiger partial charge in [0.25, 0.3) is 0 Å². The lowest BCUT2D eigenvalue weighted by molar-refractivity contribution is 0.00774. The second-order valence-corrected chi connectivity index (χ2v) is 6.91. The minimum Gasteiger partial charge on any atom is -0.377 e. The number of aryl methyl sites for hydroxylation is 1. The highest BCUT2D eigenvalue weighted by atomic mass is 16.5. The lowest BCUT2D eigenvalue weighted by atomic mass is 9.81. The smallest absolute Gasteiger partial charge is 0.315 e. The predicted octanol–water partition coefficient (Wildman–Crippen LogP) is 2.49. The van der Waals surface area contributed by atoms with E-state index in [-0.39, 0.29) is 17.6 Å². The van der Waals surface area contributed by atoms with Gasteiger partial charge in [-0.1, -0.05) is 32.9 Å². The van der Waals surface area contributed by atoms with Crippen molar-refractivity contribution in [3.63, 3.8) is 0 Å². The SMILES string of the molecule is CCc1cc(CNC(=O)NC[C@@H]2CCO[C@@H]2C(C)(C)C)on1. The van der Waals surface area contributed by atoms with Crippen molar-refractivity contribution in [2.24, 2.45) is 11.3 Å². The molecule has 124 valence electrons. The Morgan fingerprint density at radius 2 is 2.18 bits per heavy atom. The van der Waals surface area contributed by atoms with Crippen molar-refractivity contribution in [3.05, 3.63) is 17.5 Å². The van der Waals surface area contributed by atoms with Crippen LogP contribution in [0.5, 0.6) is 0 Å². The normalized spacial score (nSPS) is 21.8. The Labute approximate surface area is 132 Å². The fourth-order valence-electron chi connectivity index (χ4n) is 2.86. The topological polar surface area (TPSA) is 76.4 Å². The van der Waals surface area contributed by atoms with Crippen molar-refractivity contribution < 1.29 is 14.1 Å². The van der Waals surface area contributed by atoms with E-state index in [0.29, 0.717) is 24.8 Å². The minimum atomic E-state index is -0.186. The van der Waals surface area contributed by atoms with E-state index in [1.54, 1.807) is 0 Å². The van der Waals surface area contributed by atoms with Crippen molar-refractivity contribution in [2.75, 3.05) is 13.2 Å². The van der Waals surface area contributed by atoms with Crippen LogP contribution in [-0.2, 0) is 17.7 Å². The summed E-state index contributed by atoms with van der Waals surface area (Å²) in [6.45, 7) is 10.3. The summed E-state index contributed by atoms with van der Waals surface area (Å²) in [6.07, 6.45) is 2.00.